The molecule has 0 saturated carbocycles. The number of aryl methyl sites for hydroxylation is 1. The van der Waals surface area contributed by atoms with Gasteiger partial charge in [-0.05, 0) is 39.9 Å². The van der Waals surface area contributed by atoms with Crippen LogP contribution in [0, 0.1) is 10.1 Å². The lowest BCUT2D eigenvalue weighted by Gasteiger charge is -2.17. The molecular formula is C13H14BrN3O3S. The normalized spacial score (nSPS) is 10.6. The summed E-state index contributed by atoms with van der Waals surface area (Å²) >= 11 is 4.94. The number of halogens is 1. The van der Waals surface area contributed by atoms with Crippen molar-refractivity contribution in [2.75, 3.05) is 7.05 Å². The highest BCUT2D eigenvalue weighted by Crippen LogP contribution is 2.23. The lowest BCUT2D eigenvalue weighted by molar-refractivity contribution is -0.384. The Hall–Kier alpha value is -1.67. The molecule has 2 aromatic rings. The van der Waals surface area contributed by atoms with Gasteiger partial charge in [0.2, 0.25) is 0 Å². The van der Waals surface area contributed by atoms with Gasteiger partial charge in [-0.3, -0.25) is 14.9 Å². The third-order valence-corrected chi connectivity index (χ3v) is 4.59. The molecule has 0 spiro atoms. The highest BCUT2D eigenvalue weighted by molar-refractivity contribution is 9.11. The van der Waals surface area contributed by atoms with Crippen molar-refractivity contribution in [3.8, 4) is 0 Å². The molecule has 0 N–H and O–H groups in total. The molecule has 2 heterocycles. The molecule has 0 aliphatic heterocycles. The van der Waals surface area contributed by atoms with Crippen LogP contribution < -0.4 is 0 Å². The zero-order valence-corrected chi connectivity index (χ0v) is 14.0. The Kier molecular flexibility index (Phi) is 4.79. The van der Waals surface area contributed by atoms with Gasteiger partial charge in [0.1, 0.15) is 5.69 Å². The molecule has 1 amide bonds. The van der Waals surface area contributed by atoms with Gasteiger partial charge in [0.05, 0.1) is 14.9 Å². The average Bonchev–Trinajstić information content (AvgIpc) is 3.04. The minimum Gasteiger partial charge on any atom is -0.337 e. The van der Waals surface area contributed by atoms with E-state index < -0.39 is 4.92 Å². The minimum atomic E-state index is -0.487. The van der Waals surface area contributed by atoms with Crippen LogP contribution in [0.15, 0.2) is 27.5 Å². The van der Waals surface area contributed by atoms with Crippen molar-refractivity contribution in [1.82, 2.24) is 9.47 Å². The number of carbonyl (C=O) groups is 1. The molecule has 8 heteroatoms. The Morgan fingerprint density at radius 1 is 1.52 bits per heavy atom. The number of nitro groups is 1. The van der Waals surface area contributed by atoms with E-state index in [-0.39, 0.29) is 11.6 Å². The maximum atomic E-state index is 12.4. The highest BCUT2D eigenvalue weighted by atomic mass is 79.9. The van der Waals surface area contributed by atoms with Crippen LogP contribution in [-0.4, -0.2) is 27.3 Å². The van der Waals surface area contributed by atoms with Crippen LogP contribution in [0.1, 0.15) is 23.0 Å². The summed E-state index contributed by atoms with van der Waals surface area (Å²) in [4.78, 5) is 24.3. The lowest BCUT2D eigenvalue weighted by Crippen LogP contribution is -2.27. The zero-order valence-electron chi connectivity index (χ0n) is 11.6. The number of hydrogen-bond donors (Lipinski definition) is 0. The predicted molar refractivity (Wildman–Crippen MR) is 84.6 cm³/mol. The summed E-state index contributed by atoms with van der Waals surface area (Å²) < 4.78 is 2.60. The summed E-state index contributed by atoms with van der Waals surface area (Å²) in [5.41, 5.74) is 1.29. The first-order valence-electron chi connectivity index (χ1n) is 6.25. The first-order valence-corrected chi connectivity index (χ1v) is 7.92. The number of aromatic nitrogens is 1. The quantitative estimate of drug-likeness (QED) is 0.596. The number of carbonyl (C=O) groups excluding carboxylic acids is 1. The molecule has 0 bridgehead atoms. The molecule has 0 atom stereocenters. The van der Waals surface area contributed by atoms with Crippen LogP contribution in [-0.2, 0) is 13.1 Å². The molecule has 6 nitrogen and oxygen atoms in total. The topological polar surface area (TPSA) is 68.4 Å². The number of hydrogen-bond acceptors (Lipinski definition) is 4. The van der Waals surface area contributed by atoms with Gasteiger partial charge in [-0.15, -0.1) is 11.3 Å². The van der Waals surface area contributed by atoms with E-state index in [0.717, 1.165) is 9.35 Å². The van der Waals surface area contributed by atoms with E-state index >= 15 is 0 Å². The fraction of sp³-hybridized carbons (Fsp3) is 0.308. The Bertz CT molecular complexity index is 680. The van der Waals surface area contributed by atoms with E-state index in [0.29, 0.717) is 18.8 Å². The van der Waals surface area contributed by atoms with E-state index in [9.17, 15) is 14.9 Å². The molecule has 2 aromatic heterocycles. The molecule has 21 heavy (non-hydrogen) atoms. The van der Waals surface area contributed by atoms with Gasteiger partial charge in [0.15, 0.2) is 0 Å². The van der Waals surface area contributed by atoms with Crippen LogP contribution in [0.2, 0.25) is 0 Å². The molecule has 0 radical (unpaired) electrons. The number of nitrogens with zero attached hydrogens (tertiary/aromatic N) is 3. The molecule has 0 unspecified atom stereocenters. The van der Waals surface area contributed by atoms with Crippen LogP contribution >= 0.6 is 27.3 Å². The van der Waals surface area contributed by atoms with Crippen LogP contribution in [0.5, 0.6) is 0 Å². The van der Waals surface area contributed by atoms with E-state index in [1.54, 1.807) is 27.9 Å². The number of thiophene rings is 1. The first-order chi connectivity index (χ1) is 9.92. The van der Waals surface area contributed by atoms with Crippen molar-refractivity contribution in [3.05, 3.63) is 48.9 Å². The molecule has 0 aromatic carbocycles. The SMILES string of the molecule is CCn1cc([N+](=O)[O-])cc1C(=O)N(C)Cc1csc(Br)c1. The summed E-state index contributed by atoms with van der Waals surface area (Å²) in [5.74, 6) is -0.229. The third-order valence-electron chi connectivity index (χ3n) is 3.04. The van der Waals surface area contributed by atoms with Crippen molar-refractivity contribution in [2.45, 2.75) is 20.0 Å². The lowest BCUT2D eigenvalue weighted by atomic mass is 10.3. The highest BCUT2D eigenvalue weighted by Gasteiger charge is 2.21. The fourth-order valence-corrected chi connectivity index (χ4v) is 3.21. The summed E-state index contributed by atoms with van der Waals surface area (Å²) in [6.07, 6.45) is 1.39. The van der Waals surface area contributed by atoms with E-state index in [2.05, 4.69) is 15.9 Å². The summed E-state index contributed by atoms with van der Waals surface area (Å²) in [6, 6.07) is 3.28. The van der Waals surface area contributed by atoms with Gasteiger partial charge in [0, 0.05) is 26.2 Å². The third kappa shape index (κ3) is 3.51. The molecular weight excluding hydrogens is 358 g/mol. The average molecular weight is 372 g/mol. The maximum Gasteiger partial charge on any atom is 0.287 e. The van der Waals surface area contributed by atoms with Crippen LogP contribution in [0.4, 0.5) is 5.69 Å². The van der Waals surface area contributed by atoms with Gasteiger partial charge in [-0.2, -0.15) is 0 Å². The standard InChI is InChI=1S/C13H14BrN3O3S/c1-3-16-7-10(17(19)20)5-11(16)13(18)15(2)6-9-4-12(14)21-8-9/h4-5,7-8H,3,6H2,1-2H3. The minimum absolute atomic E-state index is 0.0631. The van der Waals surface area contributed by atoms with E-state index in [1.807, 2.05) is 18.4 Å². The number of amides is 1. The van der Waals surface area contributed by atoms with Crippen molar-refractivity contribution >= 4 is 38.9 Å². The molecule has 0 fully saturated rings. The second-order valence-corrected chi connectivity index (χ2v) is 6.84. The maximum absolute atomic E-state index is 12.4. The molecule has 0 aliphatic carbocycles. The summed E-state index contributed by atoms with van der Waals surface area (Å²) in [5, 5.41) is 12.8. The van der Waals surface area contributed by atoms with Crippen molar-refractivity contribution < 1.29 is 9.72 Å². The Labute approximate surface area is 134 Å². The monoisotopic (exact) mass is 371 g/mol. The smallest absolute Gasteiger partial charge is 0.287 e. The largest absolute Gasteiger partial charge is 0.337 e. The van der Waals surface area contributed by atoms with Crippen molar-refractivity contribution in [1.29, 1.82) is 0 Å². The summed E-state index contributed by atoms with van der Waals surface area (Å²) in [6.45, 7) is 2.81. The Balaban J connectivity index is 2.20. The fourth-order valence-electron chi connectivity index (χ4n) is 2.01. The Morgan fingerprint density at radius 3 is 2.76 bits per heavy atom. The molecule has 0 saturated heterocycles. The van der Waals surface area contributed by atoms with Gasteiger partial charge in [-0.25, -0.2) is 0 Å². The predicted octanol–water partition coefficient (Wildman–Crippen LogP) is 3.51. The van der Waals surface area contributed by atoms with E-state index in [4.69, 9.17) is 0 Å². The van der Waals surface area contributed by atoms with Crippen molar-refractivity contribution in [3.63, 3.8) is 0 Å². The zero-order chi connectivity index (χ0) is 15.6. The molecule has 112 valence electrons. The van der Waals surface area contributed by atoms with Gasteiger partial charge < -0.3 is 9.47 Å². The second kappa shape index (κ2) is 6.40. The van der Waals surface area contributed by atoms with Crippen LogP contribution in [0.3, 0.4) is 0 Å². The molecule has 0 aliphatic rings. The second-order valence-electron chi connectivity index (χ2n) is 4.55. The van der Waals surface area contributed by atoms with Gasteiger partial charge in [-0.1, -0.05) is 0 Å². The van der Waals surface area contributed by atoms with Gasteiger partial charge >= 0.3 is 0 Å². The van der Waals surface area contributed by atoms with Crippen LogP contribution in [0.25, 0.3) is 0 Å². The van der Waals surface area contributed by atoms with E-state index in [1.165, 1.54) is 12.3 Å². The first kappa shape index (κ1) is 15.7. The Morgan fingerprint density at radius 2 is 2.24 bits per heavy atom. The summed E-state index contributed by atoms with van der Waals surface area (Å²) in [7, 11) is 1.69. The molecule has 2 rings (SSSR count). The van der Waals surface area contributed by atoms with Gasteiger partial charge in [0.25, 0.3) is 11.6 Å². The number of rotatable bonds is 5. The van der Waals surface area contributed by atoms with Crippen molar-refractivity contribution in [2.24, 2.45) is 0 Å².